The molecule has 6 heteroatoms. The largest absolute Gasteiger partial charge is 0.480 e. The van der Waals surface area contributed by atoms with Gasteiger partial charge in [0.25, 0.3) is 5.91 Å². The number of rotatable bonds is 8. The highest BCUT2D eigenvalue weighted by Crippen LogP contribution is 2.15. The van der Waals surface area contributed by atoms with Crippen LogP contribution in [0.5, 0.6) is 0 Å². The van der Waals surface area contributed by atoms with Crippen LogP contribution in [0.15, 0.2) is 48.5 Å². The second-order valence-corrected chi connectivity index (χ2v) is 7.00. The molecule has 3 N–H and O–H groups in total. The fraction of sp³-hybridized carbons (Fsp3) is 0.300. The summed E-state index contributed by atoms with van der Waals surface area (Å²) >= 11 is 5.83. The number of halogens is 1. The lowest BCUT2D eigenvalue weighted by Crippen LogP contribution is -2.37. The van der Waals surface area contributed by atoms with Crippen molar-refractivity contribution in [2.75, 3.05) is 5.32 Å². The van der Waals surface area contributed by atoms with Crippen LogP contribution in [-0.4, -0.2) is 23.0 Å². The predicted molar refractivity (Wildman–Crippen MR) is 104 cm³/mol. The molecule has 0 heterocycles. The van der Waals surface area contributed by atoms with E-state index in [1.165, 1.54) is 0 Å². The van der Waals surface area contributed by atoms with Gasteiger partial charge in [-0.2, -0.15) is 0 Å². The zero-order valence-electron chi connectivity index (χ0n) is 14.8. The van der Waals surface area contributed by atoms with Crippen LogP contribution in [0.2, 0.25) is 5.02 Å². The number of carboxylic acids is 1. The van der Waals surface area contributed by atoms with Crippen molar-refractivity contribution >= 4 is 29.2 Å². The van der Waals surface area contributed by atoms with Crippen LogP contribution in [-0.2, 0) is 11.3 Å². The Hall–Kier alpha value is -2.37. The molecule has 0 bridgehead atoms. The maximum absolute atomic E-state index is 12.3. The van der Waals surface area contributed by atoms with Crippen LogP contribution >= 0.6 is 11.6 Å². The van der Waals surface area contributed by atoms with Gasteiger partial charge in [0.05, 0.1) is 0 Å². The molecule has 0 aliphatic rings. The van der Waals surface area contributed by atoms with Gasteiger partial charge >= 0.3 is 5.97 Å². The highest BCUT2D eigenvalue weighted by atomic mass is 35.5. The number of hydrogen-bond donors (Lipinski definition) is 3. The smallest absolute Gasteiger partial charge is 0.320 e. The third-order valence-electron chi connectivity index (χ3n) is 3.85. The van der Waals surface area contributed by atoms with E-state index in [0.717, 1.165) is 5.56 Å². The molecule has 2 rings (SSSR count). The van der Waals surface area contributed by atoms with Gasteiger partial charge in [0.2, 0.25) is 0 Å². The lowest BCUT2D eigenvalue weighted by molar-refractivity contribution is -0.140. The molecule has 2 aromatic carbocycles. The molecule has 26 heavy (non-hydrogen) atoms. The molecule has 0 aliphatic carbocycles. The summed E-state index contributed by atoms with van der Waals surface area (Å²) in [4.78, 5) is 23.6. The second kappa shape index (κ2) is 9.36. The van der Waals surface area contributed by atoms with Gasteiger partial charge in [-0.25, -0.2) is 0 Å². The van der Waals surface area contributed by atoms with Gasteiger partial charge in [0.1, 0.15) is 6.04 Å². The summed E-state index contributed by atoms with van der Waals surface area (Å²) in [5.41, 5.74) is 2.06. The molecule has 1 atom stereocenters. The van der Waals surface area contributed by atoms with Crippen molar-refractivity contribution in [2.24, 2.45) is 5.92 Å². The fourth-order valence-corrected chi connectivity index (χ4v) is 2.67. The number of aliphatic carboxylic acids is 1. The standard InChI is InChI=1S/C20H23ClN2O3/c1-13(2)10-18(20(25)26)22-12-14-4-3-5-17(11-14)23-19(24)15-6-8-16(21)9-7-15/h3-9,11,13,18,22H,10,12H2,1-2H3,(H,23,24)(H,25,26)/t18-/m0/s1. The van der Waals surface area contributed by atoms with Gasteiger partial charge in [-0.05, 0) is 54.3 Å². The first kappa shape index (κ1) is 19.9. The number of amides is 1. The highest BCUT2D eigenvalue weighted by molar-refractivity contribution is 6.30. The summed E-state index contributed by atoms with van der Waals surface area (Å²) in [5.74, 6) is -0.797. The molecule has 0 radical (unpaired) electrons. The molecule has 0 aliphatic heterocycles. The molecular formula is C20H23ClN2O3. The maximum Gasteiger partial charge on any atom is 0.320 e. The first-order valence-electron chi connectivity index (χ1n) is 8.47. The Morgan fingerprint density at radius 1 is 1.12 bits per heavy atom. The number of carboxylic acid groups (broad SMARTS) is 1. The van der Waals surface area contributed by atoms with Crippen LogP contribution in [0.1, 0.15) is 36.2 Å². The summed E-state index contributed by atoms with van der Waals surface area (Å²) < 4.78 is 0. The number of hydrogen-bond acceptors (Lipinski definition) is 3. The molecule has 0 spiro atoms. The normalized spacial score (nSPS) is 12.0. The van der Waals surface area contributed by atoms with E-state index in [9.17, 15) is 14.7 Å². The van der Waals surface area contributed by atoms with Crippen molar-refractivity contribution in [3.05, 3.63) is 64.7 Å². The summed E-state index contributed by atoms with van der Waals surface area (Å²) in [5, 5.41) is 15.8. The summed E-state index contributed by atoms with van der Waals surface area (Å²) in [7, 11) is 0. The minimum absolute atomic E-state index is 0.227. The number of carbonyl (C=O) groups excluding carboxylic acids is 1. The first-order chi connectivity index (χ1) is 12.3. The minimum Gasteiger partial charge on any atom is -0.480 e. The van der Waals surface area contributed by atoms with Gasteiger partial charge in [-0.15, -0.1) is 0 Å². The average molecular weight is 375 g/mol. The van der Waals surface area contributed by atoms with Crippen molar-refractivity contribution < 1.29 is 14.7 Å². The Bertz CT molecular complexity index is 760. The lowest BCUT2D eigenvalue weighted by Gasteiger charge is -2.17. The van der Waals surface area contributed by atoms with Gasteiger partial charge in [0, 0.05) is 22.8 Å². The molecule has 0 unspecified atom stereocenters. The summed E-state index contributed by atoms with van der Waals surface area (Å²) in [6, 6.07) is 13.4. The molecular weight excluding hydrogens is 352 g/mol. The maximum atomic E-state index is 12.3. The average Bonchev–Trinajstić information content (AvgIpc) is 2.59. The van der Waals surface area contributed by atoms with E-state index in [2.05, 4.69) is 10.6 Å². The van der Waals surface area contributed by atoms with E-state index in [1.807, 2.05) is 32.0 Å². The Morgan fingerprint density at radius 2 is 1.81 bits per heavy atom. The van der Waals surface area contributed by atoms with Crippen LogP contribution in [0.3, 0.4) is 0 Å². The first-order valence-corrected chi connectivity index (χ1v) is 8.85. The molecule has 0 fully saturated rings. The summed E-state index contributed by atoms with van der Waals surface area (Å²) in [6.45, 7) is 4.39. The Labute approximate surface area is 158 Å². The van der Waals surface area contributed by atoms with Crippen molar-refractivity contribution in [1.29, 1.82) is 0 Å². The fourth-order valence-electron chi connectivity index (χ4n) is 2.55. The lowest BCUT2D eigenvalue weighted by atomic mass is 10.0. The third kappa shape index (κ3) is 6.17. The molecule has 2 aromatic rings. The van der Waals surface area contributed by atoms with Crippen LogP contribution < -0.4 is 10.6 Å². The number of nitrogens with one attached hydrogen (secondary N) is 2. The zero-order chi connectivity index (χ0) is 19.1. The highest BCUT2D eigenvalue weighted by Gasteiger charge is 2.18. The van der Waals surface area contributed by atoms with Gasteiger partial charge in [-0.1, -0.05) is 37.6 Å². The van der Waals surface area contributed by atoms with E-state index in [0.29, 0.717) is 29.2 Å². The number of carbonyl (C=O) groups is 2. The molecule has 0 aromatic heterocycles. The van der Waals surface area contributed by atoms with Crippen molar-refractivity contribution in [3.63, 3.8) is 0 Å². The topological polar surface area (TPSA) is 78.4 Å². The second-order valence-electron chi connectivity index (χ2n) is 6.56. The van der Waals surface area contributed by atoms with Crippen LogP contribution in [0, 0.1) is 5.92 Å². The predicted octanol–water partition coefficient (Wildman–Crippen LogP) is 4.18. The number of anilines is 1. The van der Waals surface area contributed by atoms with E-state index >= 15 is 0 Å². The number of benzene rings is 2. The molecule has 0 saturated heterocycles. The van der Waals surface area contributed by atoms with Crippen molar-refractivity contribution in [2.45, 2.75) is 32.9 Å². The van der Waals surface area contributed by atoms with Crippen molar-refractivity contribution in [3.8, 4) is 0 Å². The Morgan fingerprint density at radius 3 is 2.42 bits per heavy atom. The SMILES string of the molecule is CC(C)C[C@H](NCc1cccc(NC(=O)c2ccc(Cl)cc2)c1)C(=O)O. The molecule has 5 nitrogen and oxygen atoms in total. The Balaban J connectivity index is 1.99. The van der Waals surface area contributed by atoms with E-state index in [1.54, 1.807) is 30.3 Å². The molecule has 0 saturated carbocycles. The van der Waals surface area contributed by atoms with Crippen molar-refractivity contribution in [1.82, 2.24) is 5.32 Å². The third-order valence-corrected chi connectivity index (χ3v) is 4.10. The summed E-state index contributed by atoms with van der Waals surface area (Å²) in [6.07, 6.45) is 0.558. The molecule has 138 valence electrons. The van der Waals surface area contributed by atoms with E-state index in [-0.39, 0.29) is 11.8 Å². The quantitative estimate of drug-likeness (QED) is 0.647. The zero-order valence-corrected chi connectivity index (χ0v) is 15.6. The van der Waals surface area contributed by atoms with Crippen LogP contribution in [0.25, 0.3) is 0 Å². The van der Waals surface area contributed by atoms with Gasteiger partial charge in [-0.3, -0.25) is 9.59 Å². The van der Waals surface area contributed by atoms with Crippen LogP contribution in [0.4, 0.5) is 5.69 Å². The van der Waals surface area contributed by atoms with Gasteiger partial charge < -0.3 is 15.7 Å². The minimum atomic E-state index is -0.856. The van der Waals surface area contributed by atoms with Gasteiger partial charge in [0.15, 0.2) is 0 Å². The van der Waals surface area contributed by atoms with E-state index < -0.39 is 12.0 Å². The Kier molecular flexibility index (Phi) is 7.18. The molecule has 1 amide bonds. The van der Waals surface area contributed by atoms with E-state index in [4.69, 9.17) is 11.6 Å². The monoisotopic (exact) mass is 374 g/mol.